The Kier molecular flexibility index (Phi) is 2.30. The van der Waals surface area contributed by atoms with E-state index in [0.717, 1.165) is 33.8 Å². The first-order valence-electron chi connectivity index (χ1n) is 5.81. The third-order valence-corrected chi connectivity index (χ3v) is 3.12. The molecule has 0 bridgehead atoms. The maximum absolute atomic E-state index is 5.78. The summed E-state index contributed by atoms with van der Waals surface area (Å²) < 4.78 is 2.01. The molecule has 3 aromatic rings. The number of pyridine rings is 1. The summed E-state index contributed by atoms with van der Waals surface area (Å²) in [6, 6.07) is 9.73. The zero-order chi connectivity index (χ0) is 12.7. The van der Waals surface area contributed by atoms with Gasteiger partial charge in [0.25, 0.3) is 0 Å². The minimum absolute atomic E-state index is 0.771. The van der Waals surface area contributed by atoms with E-state index >= 15 is 0 Å². The van der Waals surface area contributed by atoms with Gasteiger partial charge in [-0.2, -0.15) is 0 Å². The molecular weight excluding hydrogens is 224 g/mol. The summed E-state index contributed by atoms with van der Waals surface area (Å²) in [5.74, 6) is 0.918. The van der Waals surface area contributed by atoms with Crippen LogP contribution in [-0.2, 0) is 7.05 Å². The van der Waals surface area contributed by atoms with Crippen LogP contribution in [0.4, 0.5) is 5.69 Å². The molecule has 2 N–H and O–H groups in total. The summed E-state index contributed by atoms with van der Waals surface area (Å²) in [5.41, 5.74) is 10.6. The van der Waals surface area contributed by atoms with E-state index in [1.807, 2.05) is 48.9 Å². The van der Waals surface area contributed by atoms with E-state index in [1.165, 1.54) is 0 Å². The first kappa shape index (κ1) is 10.8. The van der Waals surface area contributed by atoms with Gasteiger partial charge in [-0.05, 0) is 42.8 Å². The average molecular weight is 238 g/mol. The van der Waals surface area contributed by atoms with Crippen LogP contribution in [-0.4, -0.2) is 14.5 Å². The van der Waals surface area contributed by atoms with Gasteiger partial charge in [0.15, 0.2) is 5.65 Å². The molecule has 90 valence electrons. The lowest BCUT2D eigenvalue weighted by Crippen LogP contribution is -1.96. The zero-order valence-corrected chi connectivity index (χ0v) is 10.4. The highest BCUT2D eigenvalue weighted by molar-refractivity contribution is 5.78. The van der Waals surface area contributed by atoms with Crippen molar-refractivity contribution in [1.82, 2.24) is 14.5 Å². The predicted molar refractivity (Wildman–Crippen MR) is 73.1 cm³/mol. The number of aryl methyl sites for hydroxylation is 2. The lowest BCUT2D eigenvalue weighted by Gasteiger charge is -2.06. The van der Waals surface area contributed by atoms with E-state index in [1.54, 1.807) is 6.20 Å². The topological polar surface area (TPSA) is 56.7 Å². The van der Waals surface area contributed by atoms with Gasteiger partial charge in [-0.15, -0.1) is 0 Å². The molecule has 0 saturated carbocycles. The second kappa shape index (κ2) is 3.84. The number of nitrogens with zero attached hydrogens (tertiary/aromatic N) is 3. The zero-order valence-electron chi connectivity index (χ0n) is 10.4. The first-order valence-corrected chi connectivity index (χ1v) is 5.81. The Labute approximate surface area is 105 Å². The highest BCUT2D eigenvalue weighted by Crippen LogP contribution is 2.26. The molecule has 0 fully saturated rings. The van der Waals surface area contributed by atoms with Gasteiger partial charge in [0, 0.05) is 24.5 Å². The van der Waals surface area contributed by atoms with Gasteiger partial charge >= 0.3 is 0 Å². The lowest BCUT2D eigenvalue weighted by atomic mass is 10.1. The van der Waals surface area contributed by atoms with Gasteiger partial charge in [0.05, 0.1) is 0 Å². The Morgan fingerprint density at radius 2 is 2.06 bits per heavy atom. The molecule has 4 heteroatoms. The van der Waals surface area contributed by atoms with Crippen molar-refractivity contribution in [2.24, 2.45) is 7.05 Å². The van der Waals surface area contributed by atoms with Crippen LogP contribution in [0.15, 0.2) is 36.5 Å². The van der Waals surface area contributed by atoms with Crippen molar-refractivity contribution in [2.75, 3.05) is 5.73 Å². The number of anilines is 1. The van der Waals surface area contributed by atoms with Crippen LogP contribution in [0, 0.1) is 6.92 Å². The molecular formula is C14H14N4. The number of hydrogen-bond donors (Lipinski definition) is 1. The molecule has 1 aromatic carbocycles. The predicted octanol–water partition coefficient (Wildman–Crippen LogP) is 2.53. The number of imidazole rings is 1. The number of hydrogen-bond acceptors (Lipinski definition) is 3. The van der Waals surface area contributed by atoms with Gasteiger partial charge < -0.3 is 10.3 Å². The molecule has 2 heterocycles. The Hall–Kier alpha value is -2.36. The SMILES string of the molecule is Cc1cc(N)ccc1-c1nc2cccnc2n1C. The minimum Gasteiger partial charge on any atom is -0.399 e. The first-order chi connectivity index (χ1) is 8.66. The van der Waals surface area contributed by atoms with E-state index in [4.69, 9.17) is 5.73 Å². The summed E-state index contributed by atoms with van der Waals surface area (Å²) in [7, 11) is 1.98. The van der Waals surface area contributed by atoms with E-state index in [0.29, 0.717) is 0 Å². The summed E-state index contributed by atoms with van der Waals surface area (Å²) >= 11 is 0. The fourth-order valence-electron chi connectivity index (χ4n) is 2.20. The van der Waals surface area contributed by atoms with Gasteiger partial charge in [-0.3, -0.25) is 0 Å². The van der Waals surface area contributed by atoms with E-state index in [-0.39, 0.29) is 0 Å². The molecule has 3 rings (SSSR count). The van der Waals surface area contributed by atoms with Crippen molar-refractivity contribution in [2.45, 2.75) is 6.92 Å². The van der Waals surface area contributed by atoms with Crippen LogP contribution >= 0.6 is 0 Å². The van der Waals surface area contributed by atoms with E-state index in [2.05, 4.69) is 9.97 Å². The molecule has 0 atom stereocenters. The number of benzene rings is 1. The molecule has 0 aliphatic carbocycles. The summed E-state index contributed by atoms with van der Waals surface area (Å²) in [4.78, 5) is 8.98. The lowest BCUT2D eigenvalue weighted by molar-refractivity contribution is 0.940. The molecule has 0 saturated heterocycles. The van der Waals surface area contributed by atoms with Crippen molar-refractivity contribution >= 4 is 16.9 Å². The average Bonchev–Trinajstić information content (AvgIpc) is 2.68. The third-order valence-electron chi connectivity index (χ3n) is 3.12. The van der Waals surface area contributed by atoms with Crippen LogP contribution in [0.3, 0.4) is 0 Å². The Morgan fingerprint density at radius 3 is 2.78 bits per heavy atom. The smallest absolute Gasteiger partial charge is 0.159 e. The van der Waals surface area contributed by atoms with Gasteiger partial charge in [-0.25, -0.2) is 9.97 Å². The van der Waals surface area contributed by atoms with Crippen LogP contribution in [0.5, 0.6) is 0 Å². The highest BCUT2D eigenvalue weighted by atomic mass is 15.1. The number of nitrogen functional groups attached to an aromatic ring is 1. The second-order valence-corrected chi connectivity index (χ2v) is 4.41. The van der Waals surface area contributed by atoms with Crippen molar-refractivity contribution in [1.29, 1.82) is 0 Å². The molecule has 0 amide bonds. The van der Waals surface area contributed by atoms with Crippen molar-refractivity contribution in [3.63, 3.8) is 0 Å². The molecule has 0 radical (unpaired) electrons. The third kappa shape index (κ3) is 1.54. The van der Waals surface area contributed by atoms with Crippen LogP contribution in [0.1, 0.15) is 5.56 Å². The number of nitrogens with two attached hydrogens (primary N) is 1. The maximum atomic E-state index is 5.78. The normalized spacial score (nSPS) is 11.0. The molecule has 0 unspecified atom stereocenters. The highest BCUT2D eigenvalue weighted by Gasteiger charge is 2.12. The van der Waals surface area contributed by atoms with Crippen LogP contribution < -0.4 is 5.73 Å². The molecule has 2 aromatic heterocycles. The quantitative estimate of drug-likeness (QED) is 0.663. The van der Waals surface area contributed by atoms with E-state index in [9.17, 15) is 0 Å². The summed E-state index contributed by atoms with van der Waals surface area (Å²) in [6.07, 6.45) is 1.78. The van der Waals surface area contributed by atoms with Crippen molar-refractivity contribution in [3.05, 3.63) is 42.1 Å². The molecule has 4 nitrogen and oxygen atoms in total. The number of aromatic nitrogens is 3. The van der Waals surface area contributed by atoms with Gasteiger partial charge in [0.1, 0.15) is 11.3 Å². The standard InChI is InChI=1S/C14H14N4/c1-9-8-10(15)5-6-11(9)13-17-12-4-3-7-16-14(12)18(13)2/h3-8H,15H2,1-2H3. The Bertz CT molecular complexity index is 728. The molecule has 0 aliphatic heterocycles. The fourth-order valence-corrected chi connectivity index (χ4v) is 2.20. The number of fused-ring (bicyclic) bond motifs is 1. The molecule has 0 spiro atoms. The van der Waals surface area contributed by atoms with Crippen LogP contribution in [0.2, 0.25) is 0 Å². The number of rotatable bonds is 1. The summed E-state index contributed by atoms with van der Waals surface area (Å²) in [6.45, 7) is 2.04. The van der Waals surface area contributed by atoms with Crippen LogP contribution in [0.25, 0.3) is 22.6 Å². The summed E-state index contributed by atoms with van der Waals surface area (Å²) in [5, 5.41) is 0. The van der Waals surface area contributed by atoms with Gasteiger partial charge in [0.2, 0.25) is 0 Å². The molecule has 0 aliphatic rings. The van der Waals surface area contributed by atoms with Crippen molar-refractivity contribution in [3.8, 4) is 11.4 Å². The Morgan fingerprint density at radius 1 is 1.22 bits per heavy atom. The second-order valence-electron chi connectivity index (χ2n) is 4.41. The largest absolute Gasteiger partial charge is 0.399 e. The fraction of sp³-hybridized carbons (Fsp3) is 0.143. The van der Waals surface area contributed by atoms with E-state index < -0.39 is 0 Å². The Balaban J connectivity index is 2.28. The van der Waals surface area contributed by atoms with Gasteiger partial charge in [-0.1, -0.05) is 0 Å². The molecule has 18 heavy (non-hydrogen) atoms. The minimum atomic E-state index is 0.771. The maximum Gasteiger partial charge on any atom is 0.159 e. The van der Waals surface area contributed by atoms with Crippen molar-refractivity contribution < 1.29 is 0 Å². The monoisotopic (exact) mass is 238 g/mol.